The zero-order chi connectivity index (χ0) is 17.5. The molecular weight excluding hydrogens is 320 g/mol. The first-order chi connectivity index (χ1) is 11.5. The molecule has 2 aromatic carbocycles. The van der Waals surface area contributed by atoms with E-state index in [1.165, 1.54) is 5.69 Å². The molecular formula is C20H25ClN2O. The van der Waals surface area contributed by atoms with Gasteiger partial charge in [0.1, 0.15) is 0 Å². The predicted molar refractivity (Wildman–Crippen MR) is 103 cm³/mol. The summed E-state index contributed by atoms with van der Waals surface area (Å²) in [6.45, 7) is 7.45. The van der Waals surface area contributed by atoms with Gasteiger partial charge in [0.05, 0.1) is 0 Å². The molecule has 1 amide bonds. The second-order valence-corrected chi connectivity index (χ2v) is 6.47. The van der Waals surface area contributed by atoms with Crippen molar-refractivity contribution in [2.45, 2.75) is 39.7 Å². The van der Waals surface area contributed by atoms with Crippen LogP contribution in [0.15, 0.2) is 48.5 Å². The molecule has 1 N–H and O–H groups in total. The highest BCUT2D eigenvalue weighted by Crippen LogP contribution is 2.20. The van der Waals surface area contributed by atoms with E-state index in [9.17, 15) is 4.79 Å². The molecule has 3 nitrogen and oxygen atoms in total. The van der Waals surface area contributed by atoms with E-state index in [1.807, 2.05) is 48.5 Å². The Balaban J connectivity index is 1.91. The maximum absolute atomic E-state index is 12.1. The van der Waals surface area contributed by atoms with Crippen molar-refractivity contribution in [3.63, 3.8) is 0 Å². The topological polar surface area (TPSA) is 32.3 Å². The monoisotopic (exact) mass is 344 g/mol. The molecule has 0 saturated heterocycles. The second kappa shape index (κ2) is 8.74. The Morgan fingerprint density at radius 3 is 2.38 bits per heavy atom. The summed E-state index contributed by atoms with van der Waals surface area (Å²) in [7, 11) is 0. The predicted octanol–water partition coefficient (Wildman–Crippen LogP) is 5.15. The van der Waals surface area contributed by atoms with Crippen molar-refractivity contribution in [1.82, 2.24) is 0 Å². The third-order valence-electron chi connectivity index (χ3n) is 4.03. The Morgan fingerprint density at radius 2 is 1.79 bits per heavy atom. The second-order valence-electron chi connectivity index (χ2n) is 6.07. The molecule has 0 aliphatic rings. The summed E-state index contributed by atoms with van der Waals surface area (Å²) in [5.74, 6) is -0.00104. The standard InChI is InChI=1S/C20H25ClN2O/c1-4-23(15(2)3)18-12-10-17(11-13-18)22-20(24)14-9-16-7-5-6-8-19(16)21/h5-8,10-13,15H,4,9,14H2,1-3H3,(H,22,24). The first-order valence-electron chi connectivity index (χ1n) is 8.41. The van der Waals surface area contributed by atoms with Crippen LogP contribution in [0.1, 0.15) is 32.8 Å². The maximum atomic E-state index is 12.1. The van der Waals surface area contributed by atoms with Crippen LogP contribution in [0.3, 0.4) is 0 Å². The Bertz CT molecular complexity index is 668. The van der Waals surface area contributed by atoms with Crippen LogP contribution < -0.4 is 10.2 Å². The first-order valence-corrected chi connectivity index (χ1v) is 8.79. The fourth-order valence-electron chi connectivity index (χ4n) is 2.75. The van der Waals surface area contributed by atoms with Crippen molar-refractivity contribution >= 4 is 28.9 Å². The quantitative estimate of drug-likeness (QED) is 0.753. The fraction of sp³-hybridized carbons (Fsp3) is 0.350. The number of anilines is 2. The highest BCUT2D eigenvalue weighted by Gasteiger charge is 2.09. The molecule has 0 saturated carbocycles. The van der Waals surface area contributed by atoms with Crippen LogP contribution in [-0.2, 0) is 11.2 Å². The van der Waals surface area contributed by atoms with E-state index in [1.54, 1.807) is 0 Å². The number of carbonyl (C=O) groups excluding carboxylic acids is 1. The van der Waals surface area contributed by atoms with Gasteiger partial charge in [-0.25, -0.2) is 0 Å². The summed E-state index contributed by atoms with van der Waals surface area (Å²) in [6, 6.07) is 16.1. The van der Waals surface area contributed by atoms with Gasteiger partial charge in [-0.3, -0.25) is 4.79 Å². The van der Waals surface area contributed by atoms with Crippen LogP contribution in [-0.4, -0.2) is 18.5 Å². The number of carbonyl (C=O) groups is 1. The van der Waals surface area contributed by atoms with Crippen LogP contribution in [0, 0.1) is 0 Å². The first kappa shape index (κ1) is 18.3. The average Bonchev–Trinajstić information content (AvgIpc) is 2.56. The van der Waals surface area contributed by atoms with Gasteiger partial charge >= 0.3 is 0 Å². The smallest absolute Gasteiger partial charge is 0.224 e. The van der Waals surface area contributed by atoms with E-state index in [2.05, 4.69) is 31.0 Å². The van der Waals surface area contributed by atoms with E-state index in [4.69, 9.17) is 11.6 Å². The molecule has 0 aliphatic carbocycles. The summed E-state index contributed by atoms with van der Waals surface area (Å²) in [6.07, 6.45) is 1.05. The number of halogens is 1. The highest BCUT2D eigenvalue weighted by molar-refractivity contribution is 6.31. The lowest BCUT2D eigenvalue weighted by atomic mass is 10.1. The zero-order valence-electron chi connectivity index (χ0n) is 14.6. The molecule has 4 heteroatoms. The molecule has 2 aromatic rings. The Labute approximate surface area is 149 Å². The largest absolute Gasteiger partial charge is 0.369 e. The molecule has 0 aliphatic heterocycles. The number of aryl methyl sites for hydroxylation is 1. The number of rotatable bonds is 7. The molecule has 0 spiro atoms. The van der Waals surface area contributed by atoms with Gasteiger partial charge in [0.2, 0.25) is 5.91 Å². The Kier molecular flexibility index (Phi) is 6.68. The van der Waals surface area contributed by atoms with E-state index in [0.717, 1.165) is 17.8 Å². The van der Waals surface area contributed by atoms with E-state index < -0.39 is 0 Å². The number of nitrogens with zero attached hydrogens (tertiary/aromatic N) is 1. The molecule has 2 rings (SSSR count). The minimum atomic E-state index is -0.00104. The van der Waals surface area contributed by atoms with Gasteiger partial charge in [0, 0.05) is 35.4 Å². The lowest BCUT2D eigenvalue weighted by Gasteiger charge is -2.27. The van der Waals surface area contributed by atoms with Crippen LogP contribution >= 0.6 is 11.6 Å². The number of hydrogen-bond donors (Lipinski definition) is 1. The molecule has 24 heavy (non-hydrogen) atoms. The van der Waals surface area contributed by atoms with Gasteiger partial charge in [-0.1, -0.05) is 29.8 Å². The zero-order valence-corrected chi connectivity index (χ0v) is 15.3. The third kappa shape index (κ3) is 5.00. The molecule has 0 heterocycles. The summed E-state index contributed by atoms with van der Waals surface area (Å²) >= 11 is 6.12. The molecule has 0 unspecified atom stereocenters. The van der Waals surface area contributed by atoms with E-state index >= 15 is 0 Å². The maximum Gasteiger partial charge on any atom is 0.224 e. The van der Waals surface area contributed by atoms with Crippen LogP contribution in [0.25, 0.3) is 0 Å². The van der Waals surface area contributed by atoms with Gasteiger partial charge < -0.3 is 10.2 Å². The molecule has 128 valence electrons. The summed E-state index contributed by atoms with van der Waals surface area (Å²) < 4.78 is 0. The highest BCUT2D eigenvalue weighted by atomic mass is 35.5. The number of amides is 1. The molecule has 0 aromatic heterocycles. The summed E-state index contributed by atoms with van der Waals surface area (Å²) in [5, 5.41) is 3.66. The molecule has 0 fully saturated rings. The van der Waals surface area contributed by atoms with Gasteiger partial charge in [-0.05, 0) is 63.1 Å². The van der Waals surface area contributed by atoms with Crippen molar-refractivity contribution in [2.75, 3.05) is 16.8 Å². The van der Waals surface area contributed by atoms with Gasteiger partial charge in [-0.15, -0.1) is 0 Å². The van der Waals surface area contributed by atoms with Crippen molar-refractivity contribution in [3.8, 4) is 0 Å². The molecule has 0 radical (unpaired) electrons. The average molecular weight is 345 g/mol. The molecule has 0 atom stereocenters. The Hall–Kier alpha value is -2.00. The van der Waals surface area contributed by atoms with Crippen molar-refractivity contribution in [3.05, 3.63) is 59.1 Å². The minimum absolute atomic E-state index is 0.00104. The van der Waals surface area contributed by atoms with Crippen LogP contribution in [0.5, 0.6) is 0 Å². The van der Waals surface area contributed by atoms with Crippen molar-refractivity contribution in [2.24, 2.45) is 0 Å². The summed E-state index contributed by atoms with van der Waals surface area (Å²) in [5.41, 5.74) is 2.99. The van der Waals surface area contributed by atoms with Crippen LogP contribution in [0.4, 0.5) is 11.4 Å². The third-order valence-corrected chi connectivity index (χ3v) is 4.39. The summed E-state index contributed by atoms with van der Waals surface area (Å²) in [4.78, 5) is 14.4. The van der Waals surface area contributed by atoms with Crippen molar-refractivity contribution < 1.29 is 4.79 Å². The van der Waals surface area contributed by atoms with E-state index in [0.29, 0.717) is 23.9 Å². The van der Waals surface area contributed by atoms with Gasteiger partial charge in [0.15, 0.2) is 0 Å². The Morgan fingerprint density at radius 1 is 1.12 bits per heavy atom. The number of hydrogen-bond acceptors (Lipinski definition) is 2. The van der Waals surface area contributed by atoms with Gasteiger partial charge in [-0.2, -0.15) is 0 Å². The normalized spacial score (nSPS) is 10.7. The number of nitrogens with one attached hydrogen (secondary N) is 1. The van der Waals surface area contributed by atoms with Crippen LogP contribution in [0.2, 0.25) is 5.02 Å². The van der Waals surface area contributed by atoms with Crippen molar-refractivity contribution in [1.29, 1.82) is 0 Å². The number of benzene rings is 2. The fourth-order valence-corrected chi connectivity index (χ4v) is 2.99. The minimum Gasteiger partial charge on any atom is -0.369 e. The van der Waals surface area contributed by atoms with E-state index in [-0.39, 0.29) is 5.91 Å². The lowest BCUT2D eigenvalue weighted by molar-refractivity contribution is -0.116. The lowest BCUT2D eigenvalue weighted by Crippen LogP contribution is -2.30. The SMILES string of the molecule is CCN(c1ccc(NC(=O)CCc2ccccc2Cl)cc1)C(C)C. The van der Waals surface area contributed by atoms with Gasteiger partial charge in [0.25, 0.3) is 0 Å². The molecule has 0 bridgehead atoms.